The minimum Gasteiger partial charge on any atom is -0.481 e. The van der Waals surface area contributed by atoms with E-state index in [0.717, 1.165) is 28.8 Å². The molecule has 0 aromatic heterocycles. The number of nitrogens with one attached hydrogen (secondary N) is 1. The third-order valence-electron chi connectivity index (χ3n) is 7.36. The standard InChI is InChI=1S/C32H38N2O6/c1-22(25-6-4-3-5-7-25)34(2)20-28-18-29(26-12-10-24(21-35)11-13-26)40-32(39-28)27-14-8-23(9-15-27)19-33-30(36)16-17-31(37)38/h3-15,22,28-29,32,35H,16-21H2,1-2H3,(H,33,36)(H,37,38)/t22-,28-,29+,32+/m0/s1. The van der Waals surface area contributed by atoms with Gasteiger partial charge in [0.05, 0.1) is 25.2 Å². The summed E-state index contributed by atoms with van der Waals surface area (Å²) in [7, 11) is 2.11. The Bertz CT molecular complexity index is 1230. The summed E-state index contributed by atoms with van der Waals surface area (Å²) in [5.74, 6) is -1.29. The summed E-state index contributed by atoms with van der Waals surface area (Å²) in [4.78, 5) is 24.8. The van der Waals surface area contributed by atoms with Crippen LogP contribution in [0.15, 0.2) is 78.9 Å². The van der Waals surface area contributed by atoms with Crippen molar-refractivity contribution < 1.29 is 29.3 Å². The number of carboxylic acids is 1. The van der Waals surface area contributed by atoms with Crippen molar-refractivity contribution in [3.05, 3.63) is 107 Å². The van der Waals surface area contributed by atoms with Crippen LogP contribution in [0.4, 0.5) is 0 Å². The summed E-state index contributed by atoms with van der Waals surface area (Å²) in [6.45, 7) is 3.22. The number of ether oxygens (including phenoxy) is 2. The van der Waals surface area contributed by atoms with Crippen LogP contribution < -0.4 is 5.32 Å². The van der Waals surface area contributed by atoms with E-state index < -0.39 is 12.3 Å². The van der Waals surface area contributed by atoms with Crippen molar-refractivity contribution in [1.82, 2.24) is 10.2 Å². The highest BCUT2D eigenvalue weighted by Gasteiger charge is 2.33. The lowest BCUT2D eigenvalue weighted by Gasteiger charge is -2.39. The normalized spacial score (nSPS) is 19.8. The molecule has 0 saturated carbocycles. The summed E-state index contributed by atoms with van der Waals surface area (Å²) < 4.78 is 12.9. The van der Waals surface area contributed by atoms with E-state index in [1.165, 1.54) is 5.56 Å². The van der Waals surface area contributed by atoms with E-state index in [9.17, 15) is 14.7 Å². The van der Waals surface area contributed by atoms with Crippen molar-refractivity contribution in [3.8, 4) is 0 Å². The SMILES string of the molecule is C[C@@H](c1ccccc1)N(C)C[C@@H]1C[C@H](c2ccc(CO)cc2)O[C@H](c2ccc(CNC(=O)CCC(=O)O)cc2)O1. The molecule has 4 rings (SSSR count). The van der Waals surface area contributed by atoms with Crippen LogP contribution in [0.1, 0.15) is 72.4 Å². The average molecular weight is 547 g/mol. The summed E-state index contributed by atoms with van der Waals surface area (Å²) in [6.07, 6.45) is -0.361. The molecule has 1 saturated heterocycles. The number of likely N-dealkylation sites (N-methyl/N-ethyl adjacent to an activating group) is 1. The zero-order valence-electron chi connectivity index (χ0n) is 23.0. The lowest BCUT2D eigenvalue weighted by molar-refractivity contribution is -0.253. The van der Waals surface area contributed by atoms with Gasteiger partial charge in [-0.15, -0.1) is 0 Å². The van der Waals surface area contributed by atoms with Crippen LogP contribution in [-0.4, -0.2) is 46.7 Å². The fourth-order valence-electron chi connectivity index (χ4n) is 4.80. The molecule has 8 nitrogen and oxygen atoms in total. The lowest BCUT2D eigenvalue weighted by atomic mass is 9.99. The van der Waals surface area contributed by atoms with Crippen LogP contribution in [-0.2, 0) is 32.2 Å². The topological polar surface area (TPSA) is 108 Å². The Morgan fingerprint density at radius 3 is 2.23 bits per heavy atom. The summed E-state index contributed by atoms with van der Waals surface area (Å²) in [6, 6.07) is 26.2. The van der Waals surface area contributed by atoms with E-state index in [2.05, 4.69) is 48.5 Å². The minimum absolute atomic E-state index is 0.00526. The number of aliphatic hydroxyl groups is 1. The van der Waals surface area contributed by atoms with Crippen molar-refractivity contribution in [2.24, 2.45) is 0 Å². The van der Waals surface area contributed by atoms with Gasteiger partial charge in [-0.1, -0.05) is 78.9 Å². The van der Waals surface area contributed by atoms with E-state index in [4.69, 9.17) is 14.6 Å². The third kappa shape index (κ3) is 8.22. The predicted octanol–water partition coefficient (Wildman–Crippen LogP) is 4.90. The maximum atomic E-state index is 11.9. The first-order valence-corrected chi connectivity index (χ1v) is 13.7. The Morgan fingerprint density at radius 2 is 1.57 bits per heavy atom. The van der Waals surface area contributed by atoms with Crippen molar-refractivity contribution in [2.75, 3.05) is 13.6 Å². The molecule has 1 aliphatic heterocycles. The molecular formula is C32H38N2O6. The number of benzene rings is 3. The zero-order chi connectivity index (χ0) is 28.5. The van der Waals surface area contributed by atoms with Crippen LogP contribution in [0.3, 0.4) is 0 Å². The molecule has 3 aromatic rings. The van der Waals surface area contributed by atoms with Gasteiger partial charge in [-0.3, -0.25) is 14.5 Å². The second-order valence-corrected chi connectivity index (χ2v) is 10.3. The summed E-state index contributed by atoms with van der Waals surface area (Å²) in [5.41, 5.74) is 4.91. The maximum Gasteiger partial charge on any atom is 0.303 e. The zero-order valence-corrected chi connectivity index (χ0v) is 23.0. The molecule has 0 spiro atoms. The van der Waals surface area contributed by atoms with Gasteiger partial charge in [0.15, 0.2) is 6.29 Å². The smallest absolute Gasteiger partial charge is 0.303 e. The molecule has 0 bridgehead atoms. The summed E-state index contributed by atoms with van der Waals surface area (Å²) in [5, 5.41) is 21.0. The first kappa shape index (κ1) is 29.4. The number of hydrogen-bond donors (Lipinski definition) is 3. The van der Waals surface area contributed by atoms with Gasteiger partial charge in [-0.05, 0) is 36.2 Å². The van der Waals surface area contributed by atoms with Gasteiger partial charge in [0.25, 0.3) is 0 Å². The molecule has 0 unspecified atom stereocenters. The maximum absolute atomic E-state index is 11.9. The van der Waals surface area contributed by atoms with Gasteiger partial charge in [0.1, 0.15) is 0 Å². The largest absolute Gasteiger partial charge is 0.481 e. The monoisotopic (exact) mass is 546 g/mol. The van der Waals surface area contributed by atoms with Gasteiger partial charge < -0.3 is 25.0 Å². The van der Waals surface area contributed by atoms with E-state index in [0.29, 0.717) is 13.0 Å². The Hall–Kier alpha value is -3.56. The summed E-state index contributed by atoms with van der Waals surface area (Å²) >= 11 is 0. The minimum atomic E-state index is -0.992. The van der Waals surface area contributed by atoms with Crippen LogP contribution in [0.2, 0.25) is 0 Å². The predicted molar refractivity (Wildman–Crippen MR) is 151 cm³/mol. The Balaban J connectivity index is 1.46. The number of aliphatic hydroxyl groups excluding tert-OH is 1. The van der Waals surface area contributed by atoms with E-state index >= 15 is 0 Å². The fourth-order valence-corrected chi connectivity index (χ4v) is 4.80. The highest BCUT2D eigenvalue weighted by molar-refractivity contribution is 5.80. The quantitative estimate of drug-likeness (QED) is 0.297. The molecular weight excluding hydrogens is 508 g/mol. The number of hydrogen-bond acceptors (Lipinski definition) is 6. The molecule has 8 heteroatoms. The number of nitrogens with zero attached hydrogens (tertiary/aromatic N) is 1. The van der Waals surface area contributed by atoms with Gasteiger partial charge in [-0.25, -0.2) is 0 Å². The van der Waals surface area contributed by atoms with Crippen molar-refractivity contribution in [3.63, 3.8) is 0 Å². The molecule has 3 N–H and O–H groups in total. The number of carboxylic acid groups (broad SMARTS) is 1. The van der Waals surface area contributed by atoms with Gasteiger partial charge in [-0.2, -0.15) is 0 Å². The van der Waals surface area contributed by atoms with Crippen LogP contribution >= 0.6 is 0 Å². The third-order valence-corrected chi connectivity index (χ3v) is 7.36. The molecule has 1 heterocycles. The van der Waals surface area contributed by atoms with Crippen LogP contribution in [0.5, 0.6) is 0 Å². The number of carbonyl (C=O) groups is 2. The highest BCUT2D eigenvalue weighted by atomic mass is 16.7. The molecule has 0 aliphatic carbocycles. The molecule has 1 amide bonds. The van der Waals surface area contributed by atoms with Crippen LogP contribution in [0, 0.1) is 0 Å². The van der Waals surface area contributed by atoms with Gasteiger partial charge in [0.2, 0.25) is 5.91 Å². The molecule has 40 heavy (non-hydrogen) atoms. The number of aliphatic carboxylic acids is 1. The fraction of sp³-hybridized carbons (Fsp3) is 0.375. The molecule has 1 aliphatic rings. The number of carbonyl (C=O) groups excluding carboxylic acids is 1. The van der Waals surface area contributed by atoms with Crippen LogP contribution in [0.25, 0.3) is 0 Å². The molecule has 1 fully saturated rings. The van der Waals surface area contributed by atoms with Crippen molar-refractivity contribution >= 4 is 11.9 Å². The molecule has 0 radical (unpaired) electrons. The van der Waals surface area contributed by atoms with Gasteiger partial charge in [0, 0.05) is 37.5 Å². The molecule has 3 aromatic carbocycles. The Labute approximate surface area is 235 Å². The second kappa shape index (κ2) is 14.2. The first-order chi connectivity index (χ1) is 19.3. The van der Waals surface area contributed by atoms with E-state index in [1.807, 2.05) is 54.6 Å². The number of amides is 1. The van der Waals surface area contributed by atoms with Crippen molar-refractivity contribution in [1.29, 1.82) is 0 Å². The van der Waals surface area contributed by atoms with E-state index in [1.54, 1.807) is 0 Å². The number of rotatable bonds is 12. The highest BCUT2D eigenvalue weighted by Crippen LogP contribution is 2.38. The van der Waals surface area contributed by atoms with Crippen molar-refractivity contribution in [2.45, 2.75) is 63.9 Å². The average Bonchev–Trinajstić information content (AvgIpc) is 2.99. The lowest BCUT2D eigenvalue weighted by Crippen LogP contribution is -2.38. The Kier molecular flexibility index (Phi) is 10.4. The first-order valence-electron chi connectivity index (χ1n) is 13.7. The second-order valence-electron chi connectivity index (χ2n) is 10.3. The Morgan fingerprint density at radius 1 is 0.925 bits per heavy atom. The molecule has 4 atom stereocenters. The van der Waals surface area contributed by atoms with Gasteiger partial charge >= 0.3 is 5.97 Å². The van der Waals surface area contributed by atoms with E-state index in [-0.39, 0.29) is 43.6 Å². The molecule has 212 valence electrons.